The number of ether oxygens (including phenoxy) is 2. The maximum absolute atomic E-state index is 12.5. The van der Waals surface area contributed by atoms with E-state index in [4.69, 9.17) is 14.7 Å². The number of hydrogen-bond acceptors (Lipinski definition) is 6. The van der Waals surface area contributed by atoms with Crippen molar-refractivity contribution in [3.8, 4) is 17.6 Å². The summed E-state index contributed by atoms with van der Waals surface area (Å²) in [4.78, 5) is 14.7. The van der Waals surface area contributed by atoms with E-state index in [1.54, 1.807) is 6.07 Å². The smallest absolute Gasteiger partial charge is 0.239 e. The van der Waals surface area contributed by atoms with Crippen LogP contribution in [0.5, 0.6) is 11.5 Å². The summed E-state index contributed by atoms with van der Waals surface area (Å²) in [7, 11) is 0. The Balaban J connectivity index is 1.45. The van der Waals surface area contributed by atoms with Gasteiger partial charge in [-0.3, -0.25) is 9.69 Å². The topological polar surface area (TPSA) is 74.6 Å². The average molecular weight is 383 g/mol. The van der Waals surface area contributed by atoms with E-state index in [0.717, 1.165) is 42.9 Å². The molecule has 0 bridgehead atoms. The molecule has 140 valence electrons. The van der Waals surface area contributed by atoms with Crippen molar-refractivity contribution < 1.29 is 14.3 Å². The van der Waals surface area contributed by atoms with Gasteiger partial charge in [-0.1, -0.05) is 6.07 Å². The van der Waals surface area contributed by atoms with Crippen LogP contribution in [0, 0.1) is 11.3 Å². The second-order valence-corrected chi connectivity index (χ2v) is 7.62. The van der Waals surface area contributed by atoms with E-state index in [1.807, 2.05) is 11.4 Å². The number of anilines is 1. The minimum absolute atomic E-state index is 0.0878. The molecule has 0 unspecified atom stereocenters. The summed E-state index contributed by atoms with van der Waals surface area (Å²) in [5.74, 6) is 1.49. The molecule has 3 heterocycles. The molecule has 0 spiro atoms. The highest BCUT2D eigenvalue weighted by molar-refractivity contribution is 7.14. The van der Waals surface area contributed by atoms with Gasteiger partial charge in [0.05, 0.1) is 25.3 Å². The summed E-state index contributed by atoms with van der Waals surface area (Å²) in [5.41, 5.74) is 1.66. The van der Waals surface area contributed by atoms with Gasteiger partial charge in [0, 0.05) is 12.5 Å². The van der Waals surface area contributed by atoms with Gasteiger partial charge in [0.25, 0.3) is 0 Å². The molecule has 0 saturated carbocycles. The Bertz CT molecular complexity index is 874. The second-order valence-electron chi connectivity index (χ2n) is 6.71. The molecule has 2 aliphatic rings. The summed E-state index contributed by atoms with van der Waals surface area (Å²) in [6.07, 6.45) is 2.94. The summed E-state index contributed by atoms with van der Waals surface area (Å²) in [5, 5.41) is 14.4. The molecule has 1 N–H and O–H groups in total. The van der Waals surface area contributed by atoms with Crippen molar-refractivity contribution in [1.29, 1.82) is 5.26 Å². The van der Waals surface area contributed by atoms with Crippen molar-refractivity contribution in [3.05, 3.63) is 40.8 Å². The van der Waals surface area contributed by atoms with Crippen LogP contribution in [0.4, 0.5) is 5.00 Å². The first-order valence-corrected chi connectivity index (χ1v) is 10.0. The van der Waals surface area contributed by atoms with Gasteiger partial charge in [-0.05, 0) is 48.5 Å². The normalized spacial score (nSPS) is 19.3. The van der Waals surface area contributed by atoms with Gasteiger partial charge in [0.1, 0.15) is 11.1 Å². The Morgan fingerprint density at radius 2 is 2.11 bits per heavy atom. The van der Waals surface area contributed by atoms with Crippen molar-refractivity contribution in [1.82, 2.24) is 4.90 Å². The molecule has 0 aliphatic carbocycles. The first kappa shape index (κ1) is 17.8. The molecule has 1 aromatic carbocycles. The lowest BCUT2D eigenvalue weighted by Gasteiger charge is -2.24. The highest BCUT2D eigenvalue weighted by Gasteiger charge is 2.28. The van der Waals surface area contributed by atoms with Crippen LogP contribution in [-0.4, -0.2) is 37.1 Å². The van der Waals surface area contributed by atoms with Crippen LogP contribution in [0.3, 0.4) is 0 Å². The Morgan fingerprint density at radius 1 is 1.26 bits per heavy atom. The molecule has 4 rings (SSSR count). The van der Waals surface area contributed by atoms with Gasteiger partial charge in [-0.15, -0.1) is 11.3 Å². The Kier molecular flexibility index (Phi) is 5.28. The number of amides is 1. The lowest BCUT2D eigenvalue weighted by atomic mass is 10.0. The molecular formula is C20H21N3O3S. The van der Waals surface area contributed by atoms with Crippen molar-refractivity contribution >= 4 is 22.2 Å². The van der Waals surface area contributed by atoms with Gasteiger partial charge >= 0.3 is 0 Å². The molecule has 1 atom stereocenters. The van der Waals surface area contributed by atoms with Crippen LogP contribution in [0.2, 0.25) is 0 Å². The van der Waals surface area contributed by atoms with Gasteiger partial charge < -0.3 is 14.8 Å². The first-order chi connectivity index (χ1) is 13.2. The van der Waals surface area contributed by atoms with E-state index >= 15 is 0 Å². The fourth-order valence-electron chi connectivity index (χ4n) is 3.62. The van der Waals surface area contributed by atoms with Crippen molar-refractivity contribution in [2.24, 2.45) is 0 Å². The number of carbonyl (C=O) groups is 1. The SMILES string of the molecule is N#Cc1ccsc1NC(=O)CN1CCC[C@H]1c1ccc2c(c1)OCCCO2. The molecule has 1 amide bonds. The fraction of sp³-hybridized carbons (Fsp3) is 0.400. The molecule has 2 aromatic rings. The Hall–Kier alpha value is -2.56. The predicted molar refractivity (Wildman–Crippen MR) is 103 cm³/mol. The summed E-state index contributed by atoms with van der Waals surface area (Å²) in [6, 6.07) is 10.1. The Morgan fingerprint density at radius 3 is 2.96 bits per heavy atom. The number of nitrogens with zero attached hydrogens (tertiary/aromatic N) is 2. The predicted octanol–water partition coefficient (Wildman–Crippen LogP) is 3.56. The number of hydrogen-bond donors (Lipinski definition) is 1. The number of benzene rings is 1. The monoisotopic (exact) mass is 383 g/mol. The minimum atomic E-state index is -0.0878. The van der Waals surface area contributed by atoms with E-state index in [9.17, 15) is 4.79 Å². The third-order valence-electron chi connectivity index (χ3n) is 4.91. The molecule has 7 heteroatoms. The quantitative estimate of drug-likeness (QED) is 0.874. The highest BCUT2D eigenvalue weighted by Crippen LogP contribution is 2.37. The number of thiophene rings is 1. The molecule has 2 aliphatic heterocycles. The average Bonchev–Trinajstić information content (AvgIpc) is 3.24. The van der Waals surface area contributed by atoms with E-state index < -0.39 is 0 Å². The highest BCUT2D eigenvalue weighted by atomic mass is 32.1. The first-order valence-electron chi connectivity index (χ1n) is 9.15. The molecule has 1 aromatic heterocycles. The van der Waals surface area contributed by atoms with Crippen LogP contribution in [-0.2, 0) is 4.79 Å². The van der Waals surface area contributed by atoms with Crippen LogP contribution >= 0.6 is 11.3 Å². The van der Waals surface area contributed by atoms with Gasteiger partial charge in [-0.25, -0.2) is 0 Å². The largest absolute Gasteiger partial charge is 0.490 e. The molecule has 27 heavy (non-hydrogen) atoms. The number of nitrogens with one attached hydrogen (secondary N) is 1. The van der Waals surface area contributed by atoms with Gasteiger partial charge in [0.2, 0.25) is 5.91 Å². The lowest BCUT2D eigenvalue weighted by Crippen LogP contribution is -2.32. The molecule has 6 nitrogen and oxygen atoms in total. The van der Waals surface area contributed by atoms with Gasteiger partial charge in [-0.2, -0.15) is 5.26 Å². The number of nitriles is 1. The minimum Gasteiger partial charge on any atom is -0.490 e. The summed E-state index contributed by atoms with van der Waals surface area (Å²) in [6.45, 7) is 2.52. The van der Waals surface area contributed by atoms with Gasteiger partial charge in [0.15, 0.2) is 11.5 Å². The zero-order chi connectivity index (χ0) is 18.6. The van der Waals surface area contributed by atoms with Crippen molar-refractivity contribution in [3.63, 3.8) is 0 Å². The van der Waals surface area contributed by atoms with Crippen LogP contribution in [0.25, 0.3) is 0 Å². The number of likely N-dealkylation sites (tertiary alicyclic amines) is 1. The zero-order valence-electron chi connectivity index (χ0n) is 14.9. The summed E-state index contributed by atoms with van der Waals surface area (Å²) >= 11 is 1.37. The maximum Gasteiger partial charge on any atom is 0.239 e. The van der Waals surface area contributed by atoms with Crippen LogP contribution < -0.4 is 14.8 Å². The number of carbonyl (C=O) groups excluding carboxylic acids is 1. The zero-order valence-corrected chi connectivity index (χ0v) is 15.8. The van der Waals surface area contributed by atoms with Crippen molar-refractivity contribution in [2.45, 2.75) is 25.3 Å². The van der Waals surface area contributed by atoms with Crippen LogP contribution in [0.1, 0.15) is 36.4 Å². The molecule has 0 radical (unpaired) electrons. The third kappa shape index (κ3) is 3.92. The third-order valence-corrected chi connectivity index (χ3v) is 5.74. The van der Waals surface area contributed by atoms with Crippen molar-refractivity contribution in [2.75, 3.05) is 31.6 Å². The number of fused-ring (bicyclic) bond motifs is 1. The standard InChI is InChI=1S/C20H21N3O3S/c21-12-15-6-10-27-20(15)22-19(24)13-23-7-1-3-16(23)14-4-5-17-18(11-14)26-9-2-8-25-17/h4-6,10-11,16H,1-3,7-9,13H2,(H,22,24)/t16-/m0/s1. The molecule has 1 fully saturated rings. The second kappa shape index (κ2) is 7.99. The Labute approximate surface area is 162 Å². The maximum atomic E-state index is 12.5. The fourth-order valence-corrected chi connectivity index (χ4v) is 4.38. The van der Waals surface area contributed by atoms with E-state index in [2.05, 4.69) is 28.4 Å². The molecule has 1 saturated heterocycles. The van der Waals surface area contributed by atoms with E-state index in [0.29, 0.717) is 30.3 Å². The molecular weight excluding hydrogens is 362 g/mol. The van der Waals surface area contributed by atoms with E-state index in [1.165, 1.54) is 11.3 Å². The lowest BCUT2D eigenvalue weighted by molar-refractivity contribution is -0.117. The van der Waals surface area contributed by atoms with Crippen LogP contribution in [0.15, 0.2) is 29.6 Å². The summed E-state index contributed by atoms with van der Waals surface area (Å²) < 4.78 is 11.5. The number of rotatable bonds is 4. The van der Waals surface area contributed by atoms with E-state index in [-0.39, 0.29) is 11.9 Å².